The molecule has 0 heterocycles. The fraction of sp³-hybridized carbons (Fsp3) is 1.00. The first-order valence-corrected chi connectivity index (χ1v) is 5.19. The van der Waals surface area contributed by atoms with Gasteiger partial charge in [0.1, 0.15) is 0 Å². The van der Waals surface area contributed by atoms with Crippen molar-refractivity contribution in [1.82, 2.24) is 4.90 Å². The van der Waals surface area contributed by atoms with Crippen LogP contribution in [-0.4, -0.2) is 23.5 Å². The quantitative estimate of drug-likeness (QED) is 0.614. The fourth-order valence-corrected chi connectivity index (χ4v) is 1.47. The topological polar surface area (TPSA) is 3.24 Å². The Kier molecular flexibility index (Phi) is 4.84. The van der Waals surface area contributed by atoms with Crippen molar-refractivity contribution in [2.45, 2.75) is 53.5 Å². The normalized spacial score (nSPS) is 13.0. The monoisotopic (exact) mass is 171 g/mol. The lowest BCUT2D eigenvalue weighted by molar-refractivity contribution is 0.108. The van der Waals surface area contributed by atoms with E-state index in [1.165, 1.54) is 19.5 Å². The summed E-state index contributed by atoms with van der Waals surface area (Å²) in [6.07, 6.45) is 1.23. The number of rotatable bonds is 5. The predicted octanol–water partition coefficient (Wildman–Crippen LogP) is 3.15. The average Bonchev–Trinajstić information content (AvgIpc) is 1.99. The Bertz CT molecular complexity index is 116. The zero-order valence-corrected chi connectivity index (χ0v) is 9.65. The molecule has 74 valence electrons. The molecule has 0 bridgehead atoms. The van der Waals surface area contributed by atoms with Crippen LogP contribution in [0.3, 0.4) is 0 Å². The minimum absolute atomic E-state index is 0.374. The van der Waals surface area contributed by atoms with Crippen LogP contribution in [0.4, 0.5) is 0 Å². The lowest BCUT2D eigenvalue weighted by Gasteiger charge is -2.38. The van der Waals surface area contributed by atoms with Crippen LogP contribution < -0.4 is 0 Å². The molecule has 0 N–H and O–H groups in total. The lowest BCUT2D eigenvalue weighted by Crippen LogP contribution is -2.45. The first-order chi connectivity index (χ1) is 5.44. The minimum atomic E-state index is 0.374. The largest absolute Gasteiger partial charge is 0.298 e. The van der Waals surface area contributed by atoms with Gasteiger partial charge in [0.15, 0.2) is 0 Å². The van der Waals surface area contributed by atoms with E-state index in [1.807, 2.05) is 0 Å². The third kappa shape index (κ3) is 3.57. The van der Waals surface area contributed by atoms with Crippen LogP contribution in [0, 0.1) is 5.92 Å². The minimum Gasteiger partial charge on any atom is -0.298 e. The molecule has 0 aliphatic rings. The summed E-state index contributed by atoms with van der Waals surface area (Å²) in [7, 11) is 0. The highest BCUT2D eigenvalue weighted by Gasteiger charge is 2.23. The molecule has 1 nitrogen and oxygen atoms in total. The van der Waals surface area contributed by atoms with E-state index < -0.39 is 0 Å². The molecule has 0 aromatic heterocycles. The maximum atomic E-state index is 2.57. The Labute approximate surface area is 78.1 Å². The van der Waals surface area contributed by atoms with E-state index >= 15 is 0 Å². The summed E-state index contributed by atoms with van der Waals surface area (Å²) in [5.41, 5.74) is 0.374. The zero-order valence-electron chi connectivity index (χ0n) is 9.65. The summed E-state index contributed by atoms with van der Waals surface area (Å²) in [5, 5.41) is 0. The molecule has 0 spiro atoms. The number of hydrogen-bond acceptors (Lipinski definition) is 1. The molecule has 0 unspecified atom stereocenters. The van der Waals surface area contributed by atoms with Gasteiger partial charge in [-0.2, -0.15) is 0 Å². The van der Waals surface area contributed by atoms with Crippen molar-refractivity contribution in [3.63, 3.8) is 0 Å². The SMILES string of the molecule is CCN(CC(C)C)C(C)(C)CC. The van der Waals surface area contributed by atoms with Crippen molar-refractivity contribution in [2.75, 3.05) is 13.1 Å². The first kappa shape index (κ1) is 12.0. The Balaban J connectivity index is 4.13. The molecular formula is C11H25N. The van der Waals surface area contributed by atoms with E-state index in [2.05, 4.69) is 46.4 Å². The van der Waals surface area contributed by atoms with Crippen LogP contribution in [0.15, 0.2) is 0 Å². The van der Waals surface area contributed by atoms with Crippen LogP contribution in [0.25, 0.3) is 0 Å². The van der Waals surface area contributed by atoms with E-state index in [1.54, 1.807) is 0 Å². The average molecular weight is 171 g/mol. The summed E-state index contributed by atoms with van der Waals surface area (Å²) in [5.74, 6) is 0.774. The van der Waals surface area contributed by atoms with E-state index in [-0.39, 0.29) is 0 Å². The lowest BCUT2D eigenvalue weighted by atomic mass is 9.98. The number of hydrogen-bond donors (Lipinski definition) is 0. The van der Waals surface area contributed by atoms with Gasteiger partial charge in [0.2, 0.25) is 0 Å². The van der Waals surface area contributed by atoms with Crippen molar-refractivity contribution < 1.29 is 0 Å². The Hall–Kier alpha value is -0.0400. The van der Waals surface area contributed by atoms with Crippen molar-refractivity contribution in [2.24, 2.45) is 5.92 Å². The Morgan fingerprint density at radius 1 is 1.17 bits per heavy atom. The molecular weight excluding hydrogens is 146 g/mol. The van der Waals surface area contributed by atoms with Crippen LogP contribution >= 0.6 is 0 Å². The first-order valence-electron chi connectivity index (χ1n) is 5.19. The molecule has 0 aromatic rings. The summed E-state index contributed by atoms with van der Waals surface area (Å²) < 4.78 is 0. The van der Waals surface area contributed by atoms with Gasteiger partial charge in [-0.1, -0.05) is 27.7 Å². The third-order valence-electron chi connectivity index (χ3n) is 2.69. The van der Waals surface area contributed by atoms with Gasteiger partial charge in [-0.25, -0.2) is 0 Å². The molecule has 0 aliphatic heterocycles. The number of nitrogens with zero attached hydrogens (tertiary/aromatic N) is 1. The molecule has 0 saturated carbocycles. The molecule has 0 saturated heterocycles. The fourth-order valence-electron chi connectivity index (χ4n) is 1.47. The van der Waals surface area contributed by atoms with Gasteiger partial charge in [-0.05, 0) is 32.7 Å². The molecule has 0 fully saturated rings. The Morgan fingerprint density at radius 3 is 1.92 bits per heavy atom. The smallest absolute Gasteiger partial charge is 0.0150 e. The second-order valence-corrected chi connectivity index (χ2v) is 4.60. The summed E-state index contributed by atoms with van der Waals surface area (Å²) in [6, 6.07) is 0. The van der Waals surface area contributed by atoms with Gasteiger partial charge in [-0.3, -0.25) is 4.90 Å². The van der Waals surface area contributed by atoms with Crippen molar-refractivity contribution in [3.05, 3.63) is 0 Å². The van der Waals surface area contributed by atoms with Gasteiger partial charge < -0.3 is 0 Å². The maximum Gasteiger partial charge on any atom is 0.0150 e. The highest BCUT2D eigenvalue weighted by molar-refractivity contribution is 4.79. The van der Waals surface area contributed by atoms with E-state index in [0.29, 0.717) is 5.54 Å². The van der Waals surface area contributed by atoms with Crippen LogP contribution in [0.5, 0.6) is 0 Å². The van der Waals surface area contributed by atoms with Crippen molar-refractivity contribution in [3.8, 4) is 0 Å². The molecule has 1 heteroatoms. The standard InChI is InChI=1S/C11H25N/c1-7-11(5,6)12(8-2)9-10(3)4/h10H,7-9H2,1-6H3. The molecule has 0 radical (unpaired) electrons. The zero-order chi connectivity index (χ0) is 9.78. The highest BCUT2D eigenvalue weighted by atomic mass is 15.2. The van der Waals surface area contributed by atoms with Crippen molar-refractivity contribution >= 4 is 0 Å². The van der Waals surface area contributed by atoms with Crippen LogP contribution in [-0.2, 0) is 0 Å². The van der Waals surface area contributed by atoms with E-state index in [9.17, 15) is 0 Å². The molecule has 0 aromatic carbocycles. The van der Waals surface area contributed by atoms with Crippen LogP contribution in [0.1, 0.15) is 48.0 Å². The Morgan fingerprint density at radius 2 is 1.67 bits per heavy atom. The molecule has 0 amide bonds. The molecule has 12 heavy (non-hydrogen) atoms. The maximum absolute atomic E-state index is 2.57. The van der Waals surface area contributed by atoms with E-state index in [4.69, 9.17) is 0 Å². The van der Waals surface area contributed by atoms with Gasteiger partial charge in [0.25, 0.3) is 0 Å². The summed E-state index contributed by atoms with van der Waals surface area (Å²) in [4.78, 5) is 2.57. The summed E-state index contributed by atoms with van der Waals surface area (Å²) in [6.45, 7) is 16.1. The summed E-state index contributed by atoms with van der Waals surface area (Å²) >= 11 is 0. The van der Waals surface area contributed by atoms with Gasteiger partial charge in [-0.15, -0.1) is 0 Å². The predicted molar refractivity (Wildman–Crippen MR) is 56.5 cm³/mol. The van der Waals surface area contributed by atoms with Crippen LogP contribution in [0.2, 0.25) is 0 Å². The molecule has 0 rings (SSSR count). The molecule has 0 aliphatic carbocycles. The van der Waals surface area contributed by atoms with Gasteiger partial charge >= 0.3 is 0 Å². The third-order valence-corrected chi connectivity index (χ3v) is 2.69. The van der Waals surface area contributed by atoms with E-state index in [0.717, 1.165) is 5.92 Å². The van der Waals surface area contributed by atoms with Crippen molar-refractivity contribution in [1.29, 1.82) is 0 Å². The highest BCUT2D eigenvalue weighted by Crippen LogP contribution is 2.19. The van der Waals surface area contributed by atoms with Gasteiger partial charge in [0, 0.05) is 12.1 Å². The second-order valence-electron chi connectivity index (χ2n) is 4.60. The van der Waals surface area contributed by atoms with Gasteiger partial charge in [0.05, 0.1) is 0 Å². The second kappa shape index (κ2) is 4.86. The molecule has 0 atom stereocenters.